The van der Waals surface area contributed by atoms with Crippen LogP contribution in [0.15, 0.2) is 60.7 Å². The minimum atomic E-state index is -0.435. The molecular formula is C25H24FN3O3. The van der Waals surface area contributed by atoms with Crippen LogP contribution < -0.4 is 10.5 Å². The van der Waals surface area contributed by atoms with E-state index >= 15 is 0 Å². The van der Waals surface area contributed by atoms with Gasteiger partial charge in [-0.15, -0.1) is 0 Å². The van der Waals surface area contributed by atoms with Gasteiger partial charge in [-0.2, -0.15) is 4.98 Å². The zero-order chi connectivity index (χ0) is 22.7. The normalized spacial score (nSPS) is 11.0. The van der Waals surface area contributed by atoms with Crippen LogP contribution in [0.3, 0.4) is 0 Å². The van der Waals surface area contributed by atoms with Crippen molar-refractivity contribution in [2.75, 3.05) is 13.7 Å². The highest BCUT2D eigenvalue weighted by atomic mass is 19.1. The molecule has 0 saturated heterocycles. The smallest absolute Gasteiger partial charge is 0.340 e. The van der Waals surface area contributed by atoms with E-state index in [4.69, 9.17) is 15.2 Å². The predicted octanol–water partition coefficient (Wildman–Crippen LogP) is 4.53. The zero-order valence-corrected chi connectivity index (χ0v) is 18.0. The molecule has 0 bridgehead atoms. The Hall–Kier alpha value is -3.71. The molecule has 32 heavy (non-hydrogen) atoms. The van der Waals surface area contributed by atoms with Crippen LogP contribution in [0, 0.1) is 5.82 Å². The number of carbonyl (C=O) groups is 1. The zero-order valence-electron chi connectivity index (χ0n) is 18.0. The lowest BCUT2D eigenvalue weighted by molar-refractivity contribution is 0.0602. The highest BCUT2D eigenvalue weighted by Gasteiger charge is 2.19. The first-order chi connectivity index (χ1) is 15.5. The number of fused-ring (bicyclic) bond motifs is 1. The van der Waals surface area contributed by atoms with E-state index in [-0.39, 0.29) is 5.82 Å². The van der Waals surface area contributed by atoms with Gasteiger partial charge >= 0.3 is 5.97 Å². The summed E-state index contributed by atoms with van der Waals surface area (Å²) in [5, 5.41) is 0. The van der Waals surface area contributed by atoms with Gasteiger partial charge in [-0.05, 0) is 53.4 Å². The van der Waals surface area contributed by atoms with Crippen LogP contribution in [0.4, 0.5) is 4.39 Å². The summed E-state index contributed by atoms with van der Waals surface area (Å²) < 4.78 is 26.4. The number of imidazole rings is 1. The van der Waals surface area contributed by atoms with Gasteiger partial charge in [-0.1, -0.05) is 36.4 Å². The fourth-order valence-electron chi connectivity index (χ4n) is 3.79. The van der Waals surface area contributed by atoms with Crippen LogP contribution in [0.2, 0.25) is 0 Å². The number of hydrogen-bond acceptors (Lipinski definition) is 5. The standard InChI is InChI=1S/C25H24FN3O3/c1-3-32-25-28-22-6-4-5-20(24(30)31-2)23(22)29(25)15-16-7-9-17(10-8-16)21-13-19(26)12-11-18(21)14-27/h4-13H,3,14-15,27H2,1-2H3. The molecule has 7 heteroatoms. The van der Waals surface area contributed by atoms with Crippen LogP contribution in [0.1, 0.15) is 28.4 Å². The minimum absolute atomic E-state index is 0.303. The second kappa shape index (κ2) is 9.20. The van der Waals surface area contributed by atoms with Crippen LogP contribution in [0.25, 0.3) is 22.2 Å². The maximum atomic E-state index is 13.8. The average molecular weight is 433 g/mol. The van der Waals surface area contributed by atoms with E-state index in [1.807, 2.05) is 41.8 Å². The van der Waals surface area contributed by atoms with Gasteiger partial charge < -0.3 is 15.2 Å². The third-order valence-corrected chi connectivity index (χ3v) is 5.31. The first kappa shape index (κ1) is 21.5. The summed E-state index contributed by atoms with van der Waals surface area (Å²) in [4.78, 5) is 16.9. The molecule has 0 atom stereocenters. The SMILES string of the molecule is CCOc1nc2cccc(C(=O)OC)c2n1Cc1ccc(-c2cc(F)ccc2CN)cc1. The predicted molar refractivity (Wildman–Crippen MR) is 121 cm³/mol. The Labute approximate surface area is 185 Å². The summed E-state index contributed by atoms with van der Waals surface area (Å²) in [6, 6.07) is 18.2. The van der Waals surface area contributed by atoms with E-state index in [0.717, 1.165) is 22.3 Å². The lowest BCUT2D eigenvalue weighted by Crippen LogP contribution is -2.09. The van der Waals surface area contributed by atoms with Crippen LogP contribution >= 0.6 is 0 Å². The third kappa shape index (κ3) is 4.07. The van der Waals surface area contributed by atoms with E-state index in [2.05, 4.69) is 4.98 Å². The third-order valence-electron chi connectivity index (χ3n) is 5.31. The minimum Gasteiger partial charge on any atom is -0.465 e. The summed E-state index contributed by atoms with van der Waals surface area (Å²) >= 11 is 0. The number of nitrogens with zero attached hydrogens (tertiary/aromatic N) is 2. The van der Waals surface area contributed by atoms with Crippen molar-refractivity contribution in [2.24, 2.45) is 5.73 Å². The number of para-hydroxylation sites is 1. The van der Waals surface area contributed by atoms with Crippen molar-refractivity contribution in [2.45, 2.75) is 20.0 Å². The molecule has 164 valence electrons. The Morgan fingerprint density at radius 1 is 1.12 bits per heavy atom. The molecule has 0 spiro atoms. The Kier molecular flexibility index (Phi) is 6.18. The van der Waals surface area contributed by atoms with Crippen molar-refractivity contribution < 1.29 is 18.7 Å². The Morgan fingerprint density at radius 3 is 2.59 bits per heavy atom. The number of halogens is 1. The Balaban J connectivity index is 1.74. The van der Waals surface area contributed by atoms with E-state index in [9.17, 15) is 9.18 Å². The molecule has 0 aliphatic rings. The van der Waals surface area contributed by atoms with Gasteiger partial charge in [0.15, 0.2) is 0 Å². The molecule has 3 aromatic carbocycles. The molecule has 0 aliphatic carbocycles. The lowest BCUT2D eigenvalue weighted by Gasteiger charge is -2.12. The molecule has 4 aromatic rings. The van der Waals surface area contributed by atoms with E-state index in [1.54, 1.807) is 18.2 Å². The molecule has 1 aromatic heterocycles. The maximum absolute atomic E-state index is 13.8. The summed E-state index contributed by atoms with van der Waals surface area (Å²) in [6.45, 7) is 3.09. The molecular weight excluding hydrogens is 409 g/mol. The second-order valence-electron chi connectivity index (χ2n) is 7.28. The highest BCUT2D eigenvalue weighted by Crippen LogP contribution is 2.29. The summed E-state index contributed by atoms with van der Waals surface area (Å²) in [5.41, 5.74) is 11.1. The van der Waals surface area contributed by atoms with Crippen molar-refractivity contribution in [3.8, 4) is 17.1 Å². The summed E-state index contributed by atoms with van der Waals surface area (Å²) in [6.07, 6.45) is 0. The Bertz CT molecular complexity index is 1270. The molecule has 6 nitrogen and oxygen atoms in total. The number of methoxy groups -OCH3 is 1. The average Bonchev–Trinajstić information content (AvgIpc) is 3.16. The lowest BCUT2D eigenvalue weighted by atomic mass is 9.98. The number of rotatable bonds is 7. The second-order valence-corrected chi connectivity index (χ2v) is 7.28. The molecule has 0 unspecified atom stereocenters. The van der Waals surface area contributed by atoms with Crippen molar-refractivity contribution in [3.63, 3.8) is 0 Å². The molecule has 0 fully saturated rings. The number of nitrogens with two attached hydrogens (primary N) is 1. The van der Waals surface area contributed by atoms with E-state index in [1.165, 1.54) is 19.2 Å². The number of aromatic nitrogens is 2. The molecule has 0 amide bonds. The van der Waals surface area contributed by atoms with Crippen molar-refractivity contribution in [1.29, 1.82) is 0 Å². The fraction of sp³-hybridized carbons (Fsp3) is 0.200. The van der Waals surface area contributed by atoms with Gasteiger partial charge in [-0.25, -0.2) is 9.18 Å². The van der Waals surface area contributed by atoms with Gasteiger partial charge in [-0.3, -0.25) is 4.57 Å². The van der Waals surface area contributed by atoms with Gasteiger partial charge in [0.1, 0.15) is 5.82 Å². The number of hydrogen-bond donors (Lipinski definition) is 1. The topological polar surface area (TPSA) is 79.4 Å². The fourth-order valence-corrected chi connectivity index (χ4v) is 3.79. The number of carbonyl (C=O) groups excluding carboxylic acids is 1. The molecule has 4 rings (SSSR count). The number of esters is 1. The first-order valence-corrected chi connectivity index (χ1v) is 10.3. The van der Waals surface area contributed by atoms with Crippen molar-refractivity contribution in [3.05, 3.63) is 83.2 Å². The van der Waals surface area contributed by atoms with Crippen molar-refractivity contribution in [1.82, 2.24) is 9.55 Å². The van der Waals surface area contributed by atoms with E-state index < -0.39 is 5.97 Å². The largest absolute Gasteiger partial charge is 0.465 e. The molecule has 0 aliphatic heterocycles. The molecule has 0 saturated carbocycles. The molecule has 0 radical (unpaired) electrons. The van der Waals surface area contributed by atoms with Crippen LogP contribution in [-0.2, 0) is 17.8 Å². The molecule has 2 N–H and O–H groups in total. The summed E-state index contributed by atoms with van der Waals surface area (Å²) in [7, 11) is 1.35. The van der Waals surface area contributed by atoms with Gasteiger partial charge in [0, 0.05) is 6.54 Å². The first-order valence-electron chi connectivity index (χ1n) is 10.3. The van der Waals surface area contributed by atoms with Crippen molar-refractivity contribution >= 4 is 17.0 Å². The van der Waals surface area contributed by atoms with Crippen LogP contribution in [0.5, 0.6) is 6.01 Å². The van der Waals surface area contributed by atoms with Crippen LogP contribution in [-0.4, -0.2) is 29.2 Å². The van der Waals surface area contributed by atoms with E-state index in [0.29, 0.717) is 42.3 Å². The maximum Gasteiger partial charge on any atom is 0.340 e. The Morgan fingerprint density at radius 2 is 1.91 bits per heavy atom. The highest BCUT2D eigenvalue weighted by molar-refractivity contribution is 6.02. The van der Waals surface area contributed by atoms with Gasteiger partial charge in [0.25, 0.3) is 6.01 Å². The summed E-state index contributed by atoms with van der Waals surface area (Å²) in [5.74, 6) is -0.738. The number of benzene rings is 3. The quantitative estimate of drug-likeness (QED) is 0.433. The van der Waals surface area contributed by atoms with Gasteiger partial charge in [0.05, 0.1) is 36.9 Å². The molecule has 1 heterocycles. The number of ether oxygens (including phenoxy) is 2. The monoisotopic (exact) mass is 433 g/mol. The van der Waals surface area contributed by atoms with Gasteiger partial charge in [0.2, 0.25) is 0 Å².